The van der Waals surface area contributed by atoms with Crippen LogP contribution in [0.25, 0.3) is 6.08 Å². The van der Waals surface area contributed by atoms with Crippen LogP contribution in [0.4, 0.5) is 5.69 Å². The molecule has 0 unspecified atom stereocenters. The topological polar surface area (TPSA) is 29.1 Å². The Morgan fingerprint density at radius 1 is 0.889 bits per heavy atom. The van der Waals surface area contributed by atoms with E-state index in [-0.39, 0.29) is 18.3 Å². The molecule has 1 amide bonds. The van der Waals surface area contributed by atoms with Crippen molar-refractivity contribution in [3.63, 3.8) is 0 Å². The summed E-state index contributed by atoms with van der Waals surface area (Å²) in [5, 5.41) is 2.79. The average molecular weight is 260 g/mol. The smallest absolute Gasteiger partial charge is 0.248 e. The van der Waals surface area contributed by atoms with Crippen LogP contribution in [-0.4, -0.2) is 5.91 Å². The largest absolute Gasteiger partial charge is 0.323 e. The molecule has 0 fully saturated rings. The van der Waals surface area contributed by atoms with Crippen molar-refractivity contribution in [1.82, 2.24) is 0 Å². The van der Waals surface area contributed by atoms with Gasteiger partial charge in [0.05, 0.1) is 0 Å². The second-order valence-electron chi connectivity index (χ2n) is 3.60. The summed E-state index contributed by atoms with van der Waals surface area (Å²) in [5.41, 5.74) is 1.81. The molecule has 0 aliphatic carbocycles. The van der Waals surface area contributed by atoms with Gasteiger partial charge < -0.3 is 5.32 Å². The van der Waals surface area contributed by atoms with Crippen LogP contribution >= 0.6 is 12.4 Å². The van der Waals surface area contributed by atoms with Crippen LogP contribution in [0.15, 0.2) is 66.7 Å². The number of amides is 1. The maximum Gasteiger partial charge on any atom is 0.248 e. The summed E-state index contributed by atoms with van der Waals surface area (Å²) in [7, 11) is 0. The van der Waals surface area contributed by atoms with Crippen molar-refractivity contribution in [1.29, 1.82) is 0 Å². The molecule has 1 N–H and O–H groups in total. The number of carbonyl (C=O) groups is 1. The number of hydrogen-bond acceptors (Lipinski definition) is 1. The molecule has 0 saturated carbocycles. The summed E-state index contributed by atoms with van der Waals surface area (Å²) in [6.45, 7) is 0. The number of hydrogen-bond donors (Lipinski definition) is 1. The fraction of sp³-hybridized carbons (Fsp3) is 0. The number of anilines is 1. The van der Waals surface area contributed by atoms with E-state index in [4.69, 9.17) is 0 Å². The Hall–Kier alpha value is -2.06. The second-order valence-corrected chi connectivity index (χ2v) is 3.60. The number of rotatable bonds is 3. The Kier molecular flexibility index (Phi) is 5.68. The van der Waals surface area contributed by atoms with Crippen molar-refractivity contribution >= 4 is 30.1 Å². The van der Waals surface area contributed by atoms with Crippen LogP contribution in [0, 0.1) is 0 Å². The molecule has 0 bridgehead atoms. The molecule has 2 rings (SSSR count). The van der Waals surface area contributed by atoms with Gasteiger partial charge in [-0.15, -0.1) is 12.4 Å². The van der Waals surface area contributed by atoms with Crippen LogP contribution < -0.4 is 5.32 Å². The van der Waals surface area contributed by atoms with Crippen molar-refractivity contribution < 1.29 is 4.79 Å². The van der Waals surface area contributed by atoms with Gasteiger partial charge in [0.25, 0.3) is 0 Å². The first-order valence-electron chi connectivity index (χ1n) is 5.44. The minimum absolute atomic E-state index is 0. The standard InChI is InChI=1S/C15H13NO.ClH/c17-15(16-14-9-5-2-6-10-14)12-11-13-7-3-1-4-8-13;/h1-12H,(H,16,17);1H. The monoisotopic (exact) mass is 259 g/mol. The third-order valence-corrected chi connectivity index (χ3v) is 2.27. The lowest BCUT2D eigenvalue weighted by atomic mass is 10.2. The molecule has 18 heavy (non-hydrogen) atoms. The van der Waals surface area contributed by atoms with E-state index in [1.807, 2.05) is 60.7 Å². The zero-order chi connectivity index (χ0) is 11.9. The van der Waals surface area contributed by atoms with Crippen molar-refractivity contribution in [3.8, 4) is 0 Å². The summed E-state index contributed by atoms with van der Waals surface area (Å²) in [4.78, 5) is 11.6. The van der Waals surface area contributed by atoms with Crippen molar-refractivity contribution in [2.75, 3.05) is 5.32 Å². The minimum atomic E-state index is -0.125. The number of halogens is 1. The molecule has 92 valence electrons. The first-order valence-corrected chi connectivity index (χ1v) is 5.44. The van der Waals surface area contributed by atoms with Gasteiger partial charge in [-0.3, -0.25) is 4.79 Å². The molecule has 0 aromatic heterocycles. The minimum Gasteiger partial charge on any atom is -0.323 e. The molecule has 3 heteroatoms. The molecule has 0 radical (unpaired) electrons. The van der Waals surface area contributed by atoms with Gasteiger partial charge in [-0.05, 0) is 23.8 Å². The van der Waals surface area contributed by atoms with Crippen molar-refractivity contribution in [2.24, 2.45) is 0 Å². The van der Waals surface area contributed by atoms with E-state index >= 15 is 0 Å². The van der Waals surface area contributed by atoms with Crippen LogP contribution in [0.3, 0.4) is 0 Å². The van der Waals surface area contributed by atoms with Crippen LogP contribution in [0.5, 0.6) is 0 Å². The molecule has 0 spiro atoms. The van der Waals surface area contributed by atoms with Gasteiger partial charge in [0.2, 0.25) is 5.91 Å². The van der Waals surface area contributed by atoms with Gasteiger partial charge in [0.15, 0.2) is 0 Å². The van der Waals surface area contributed by atoms with E-state index in [0.29, 0.717) is 0 Å². The predicted octanol–water partition coefficient (Wildman–Crippen LogP) is 3.76. The highest BCUT2D eigenvalue weighted by molar-refractivity contribution is 6.01. The van der Waals surface area contributed by atoms with Crippen LogP contribution in [0.1, 0.15) is 5.56 Å². The average Bonchev–Trinajstić information content (AvgIpc) is 2.39. The summed E-state index contributed by atoms with van der Waals surface area (Å²) in [5.74, 6) is -0.125. The molecule has 2 nitrogen and oxygen atoms in total. The fourth-order valence-electron chi connectivity index (χ4n) is 1.44. The summed E-state index contributed by atoms with van der Waals surface area (Å²) < 4.78 is 0. The van der Waals surface area contributed by atoms with Gasteiger partial charge >= 0.3 is 0 Å². The summed E-state index contributed by atoms with van der Waals surface area (Å²) in [6, 6.07) is 19.1. The first kappa shape index (κ1) is 14.0. The molecule has 0 saturated heterocycles. The van der Waals surface area contributed by atoms with E-state index in [0.717, 1.165) is 11.3 Å². The van der Waals surface area contributed by atoms with Crippen molar-refractivity contribution in [2.45, 2.75) is 0 Å². The zero-order valence-electron chi connectivity index (χ0n) is 9.74. The lowest BCUT2D eigenvalue weighted by molar-refractivity contribution is -0.111. The highest BCUT2D eigenvalue weighted by atomic mass is 35.5. The number of carbonyl (C=O) groups excluding carboxylic acids is 1. The maximum absolute atomic E-state index is 11.6. The van der Waals surface area contributed by atoms with E-state index < -0.39 is 0 Å². The lowest BCUT2D eigenvalue weighted by Crippen LogP contribution is -2.07. The normalized spacial score (nSPS) is 9.78. The summed E-state index contributed by atoms with van der Waals surface area (Å²) >= 11 is 0. The predicted molar refractivity (Wildman–Crippen MR) is 77.8 cm³/mol. The number of benzene rings is 2. The highest BCUT2D eigenvalue weighted by Crippen LogP contribution is 2.06. The molecule has 0 aliphatic rings. The lowest BCUT2D eigenvalue weighted by Gasteiger charge is -2.00. The van der Waals surface area contributed by atoms with Crippen LogP contribution in [0.2, 0.25) is 0 Å². The number of para-hydroxylation sites is 1. The molecule has 2 aromatic carbocycles. The van der Waals surface area contributed by atoms with Gasteiger partial charge in [-0.1, -0.05) is 48.5 Å². The van der Waals surface area contributed by atoms with Crippen LogP contribution in [-0.2, 0) is 4.79 Å². The zero-order valence-corrected chi connectivity index (χ0v) is 10.6. The molecular weight excluding hydrogens is 246 g/mol. The third-order valence-electron chi connectivity index (χ3n) is 2.27. The van der Waals surface area contributed by atoms with Gasteiger partial charge in [0.1, 0.15) is 0 Å². The van der Waals surface area contributed by atoms with E-state index in [9.17, 15) is 4.79 Å². The molecule has 0 heterocycles. The van der Waals surface area contributed by atoms with Gasteiger partial charge in [0, 0.05) is 11.8 Å². The highest BCUT2D eigenvalue weighted by Gasteiger charge is 1.95. The van der Waals surface area contributed by atoms with Crippen molar-refractivity contribution in [3.05, 3.63) is 72.3 Å². The van der Waals surface area contributed by atoms with E-state index in [2.05, 4.69) is 5.32 Å². The molecule has 2 aromatic rings. The van der Waals surface area contributed by atoms with E-state index in [1.54, 1.807) is 6.08 Å². The SMILES string of the molecule is Cl.O=C(C=Cc1ccccc1)Nc1ccccc1. The first-order chi connectivity index (χ1) is 8.34. The Morgan fingerprint density at radius 3 is 2.06 bits per heavy atom. The fourth-order valence-corrected chi connectivity index (χ4v) is 1.44. The molecule has 0 atom stereocenters. The quantitative estimate of drug-likeness (QED) is 0.836. The van der Waals surface area contributed by atoms with E-state index in [1.165, 1.54) is 6.08 Å². The maximum atomic E-state index is 11.6. The van der Waals surface area contributed by atoms with Gasteiger partial charge in [-0.2, -0.15) is 0 Å². The Morgan fingerprint density at radius 2 is 1.44 bits per heavy atom. The third kappa shape index (κ3) is 4.44. The Balaban J connectivity index is 0.00000162. The summed E-state index contributed by atoms with van der Waals surface area (Å²) in [6.07, 6.45) is 3.32. The Labute approximate surface area is 113 Å². The molecule has 0 aliphatic heterocycles. The Bertz CT molecular complexity index is 509. The van der Waals surface area contributed by atoms with Gasteiger partial charge in [-0.25, -0.2) is 0 Å². The number of nitrogens with one attached hydrogen (secondary N) is 1. The molecular formula is C15H14ClNO. The second kappa shape index (κ2) is 7.30.